The monoisotopic (exact) mass is 296 g/mol. The number of nitrogens with one attached hydrogen (secondary N) is 2. The predicted molar refractivity (Wildman–Crippen MR) is 70.9 cm³/mol. The van der Waals surface area contributed by atoms with E-state index in [4.69, 9.17) is 5.84 Å². The van der Waals surface area contributed by atoms with E-state index in [0.717, 1.165) is 12.1 Å². The normalized spacial score (nSPS) is 10.3. The number of nitro groups is 1. The van der Waals surface area contributed by atoms with Gasteiger partial charge >= 0.3 is 5.69 Å². The number of rotatable bonds is 4. The molecule has 0 spiro atoms. The Morgan fingerprint density at radius 2 is 1.86 bits per heavy atom. The van der Waals surface area contributed by atoms with Crippen LogP contribution < -0.4 is 16.6 Å². The van der Waals surface area contributed by atoms with Crippen LogP contribution in [-0.2, 0) is 0 Å². The van der Waals surface area contributed by atoms with Crippen LogP contribution in [0.3, 0.4) is 0 Å². The van der Waals surface area contributed by atoms with Crippen molar-refractivity contribution in [3.8, 4) is 0 Å². The number of nitrogen functional groups attached to an aromatic ring is 1. The van der Waals surface area contributed by atoms with Gasteiger partial charge in [-0.1, -0.05) is 0 Å². The van der Waals surface area contributed by atoms with Gasteiger partial charge < -0.3 is 5.32 Å². The molecule has 0 amide bonds. The zero-order valence-corrected chi connectivity index (χ0v) is 10.7. The number of halogens is 2. The molecule has 1 heterocycles. The lowest BCUT2D eigenvalue weighted by Crippen LogP contribution is -2.13. The topological polar surface area (TPSA) is 119 Å². The third-order valence-electron chi connectivity index (χ3n) is 2.50. The molecule has 4 N–H and O–H groups in total. The molecule has 0 aliphatic heterocycles. The maximum Gasteiger partial charge on any atom is 0.332 e. The summed E-state index contributed by atoms with van der Waals surface area (Å²) in [6.07, 6.45) is 0. The average molecular weight is 296 g/mol. The lowest BCUT2D eigenvalue weighted by atomic mass is 10.3. The molecule has 21 heavy (non-hydrogen) atoms. The standard InChI is InChI=1S/C11H10F2N6O2/c1-5-9(19(20)21)10(17-11(15-5)18-14)16-8-3-6(12)2-7(13)4-8/h2-4H,14H2,1H3,(H2,15,16,17,18). The van der Waals surface area contributed by atoms with Crippen molar-refractivity contribution in [2.75, 3.05) is 10.7 Å². The summed E-state index contributed by atoms with van der Waals surface area (Å²) in [6, 6.07) is 2.62. The zero-order valence-electron chi connectivity index (χ0n) is 10.7. The predicted octanol–water partition coefficient (Wildman–Crippen LogP) is 2.00. The molecule has 0 saturated heterocycles. The highest BCUT2D eigenvalue weighted by Crippen LogP contribution is 2.29. The fraction of sp³-hybridized carbons (Fsp3) is 0.0909. The molecule has 110 valence electrons. The third-order valence-corrected chi connectivity index (χ3v) is 2.50. The summed E-state index contributed by atoms with van der Waals surface area (Å²) in [7, 11) is 0. The molecular formula is C11H10F2N6O2. The van der Waals surface area contributed by atoms with E-state index in [1.165, 1.54) is 6.92 Å². The van der Waals surface area contributed by atoms with Crippen LogP contribution in [-0.4, -0.2) is 14.9 Å². The largest absolute Gasteiger partial charge is 0.334 e. The van der Waals surface area contributed by atoms with Gasteiger partial charge in [0.15, 0.2) is 0 Å². The maximum absolute atomic E-state index is 13.1. The molecule has 0 aliphatic carbocycles. The highest BCUT2D eigenvalue weighted by atomic mass is 19.1. The van der Waals surface area contributed by atoms with Gasteiger partial charge in [-0.3, -0.25) is 15.5 Å². The first-order valence-electron chi connectivity index (χ1n) is 5.63. The number of nitrogens with zero attached hydrogens (tertiary/aromatic N) is 3. The summed E-state index contributed by atoms with van der Waals surface area (Å²) in [5.74, 6) is 3.20. The summed E-state index contributed by atoms with van der Waals surface area (Å²) < 4.78 is 26.3. The minimum atomic E-state index is -0.830. The number of aryl methyl sites for hydroxylation is 1. The van der Waals surface area contributed by atoms with Gasteiger partial charge in [0.05, 0.1) is 4.92 Å². The minimum absolute atomic E-state index is 0.0309. The van der Waals surface area contributed by atoms with Crippen LogP contribution in [0.5, 0.6) is 0 Å². The quantitative estimate of drug-likeness (QED) is 0.448. The summed E-state index contributed by atoms with van der Waals surface area (Å²) in [6.45, 7) is 1.39. The fourth-order valence-electron chi connectivity index (χ4n) is 1.70. The van der Waals surface area contributed by atoms with Crippen molar-refractivity contribution in [1.29, 1.82) is 0 Å². The van der Waals surface area contributed by atoms with E-state index in [0.29, 0.717) is 6.07 Å². The molecule has 0 aliphatic rings. The molecule has 8 nitrogen and oxygen atoms in total. The molecular weight excluding hydrogens is 286 g/mol. The van der Waals surface area contributed by atoms with E-state index in [1.807, 2.05) is 0 Å². The van der Waals surface area contributed by atoms with Crippen LogP contribution in [0, 0.1) is 28.7 Å². The zero-order chi connectivity index (χ0) is 15.6. The molecule has 1 aromatic carbocycles. The van der Waals surface area contributed by atoms with Crippen molar-refractivity contribution in [2.24, 2.45) is 5.84 Å². The van der Waals surface area contributed by atoms with Gasteiger partial charge in [-0.15, -0.1) is 0 Å². The van der Waals surface area contributed by atoms with Crippen LogP contribution in [0.25, 0.3) is 0 Å². The molecule has 10 heteroatoms. The molecule has 2 aromatic rings. The van der Waals surface area contributed by atoms with Crippen molar-refractivity contribution >= 4 is 23.1 Å². The Kier molecular flexibility index (Phi) is 3.89. The van der Waals surface area contributed by atoms with E-state index in [2.05, 4.69) is 20.7 Å². The molecule has 1 aromatic heterocycles. The summed E-state index contributed by atoms with van der Waals surface area (Å²) in [5.41, 5.74) is 1.74. The number of benzene rings is 1. The Balaban J connectivity index is 2.51. The van der Waals surface area contributed by atoms with Crippen molar-refractivity contribution in [3.05, 3.63) is 45.6 Å². The molecule has 0 fully saturated rings. The van der Waals surface area contributed by atoms with Crippen LogP contribution >= 0.6 is 0 Å². The van der Waals surface area contributed by atoms with E-state index in [1.54, 1.807) is 0 Å². The second kappa shape index (κ2) is 5.63. The Bertz CT molecular complexity index is 689. The maximum atomic E-state index is 13.1. The Morgan fingerprint density at radius 3 is 2.38 bits per heavy atom. The third kappa shape index (κ3) is 3.17. The van der Waals surface area contributed by atoms with Crippen LogP contribution in [0.4, 0.5) is 31.9 Å². The Hall–Kier alpha value is -2.88. The second-order valence-corrected chi connectivity index (χ2v) is 4.01. The van der Waals surface area contributed by atoms with Gasteiger partial charge in [-0.2, -0.15) is 4.98 Å². The first-order valence-corrected chi connectivity index (χ1v) is 5.63. The van der Waals surface area contributed by atoms with E-state index >= 15 is 0 Å². The number of anilines is 3. The number of hydrazine groups is 1. The highest BCUT2D eigenvalue weighted by Gasteiger charge is 2.22. The molecule has 2 rings (SSSR count). The van der Waals surface area contributed by atoms with Crippen LogP contribution in [0.15, 0.2) is 18.2 Å². The smallest absolute Gasteiger partial charge is 0.332 e. The minimum Gasteiger partial charge on any atom is -0.334 e. The lowest BCUT2D eigenvalue weighted by molar-refractivity contribution is -0.385. The van der Waals surface area contributed by atoms with Crippen LogP contribution in [0.1, 0.15) is 5.69 Å². The van der Waals surface area contributed by atoms with E-state index in [-0.39, 0.29) is 23.1 Å². The van der Waals surface area contributed by atoms with Gasteiger partial charge in [0.1, 0.15) is 17.3 Å². The number of aromatic nitrogens is 2. The lowest BCUT2D eigenvalue weighted by Gasteiger charge is -2.09. The SMILES string of the molecule is Cc1nc(NN)nc(Nc2cc(F)cc(F)c2)c1[N+](=O)[O-]. The molecule has 0 unspecified atom stereocenters. The number of hydrogen-bond donors (Lipinski definition) is 3. The summed E-state index contributed by atoms with van der Waals surface area (Å²) in [4.78, 5) is 17.9. The second-order valence-electron chi connectivity index (χ2n) is 4.01. The number of hydrogen-bond acceptors (Lipinski definition) is 7. The Labute approximate surface area is 117 Å². The Morgan fingerprint density at radius 1 is 1.24 bits per heavy atom. The summed E-state index contributed by atoms with van der Waals surface area (Å²) in [5, 5.41) is 13.5. The highest BCUT2D eigenvalue weighted by molar-refractivity contribution is 5.68. The number of nitrogens with two attached hydrogens (primary N) is 1. The average Bonchev–Trinajstić information content (AvgIpc) is 2.36. The molecule has 0 radical (unpaired) electrons. The fourth-order valence-corrected chi connectivity index (χ4v) is 1.70. The summed E-state index contributed by atoms with van der Waals surface area (Å²) >= 11 is 0. The van der Waals surface area contributed by atoms with Gasteiger partial charge in [0.25, 0.3) is 0 Å². The van der Waals surface area contributed by atoms with Gasteiger partial charge in [0.2, 0.25) is 11.8 Å². The van der Waals surface area contributed by atoms with Gasteiger partial charge in [-0.25, -0.2) is 19.6 Å². The van der Waals surface area contributed by atoms with Crippen molar-refractivity contribution in [2.45, 2.75) is 6.92 Å². The van der Waals surface area contributed by atoms with Crippen molar-refractivity contribution in [3.63, 3.8) is 0 Å². The molecule has 0 atom stereocenters. The van der Waals surface area contributed by atoms with Crippen molar-refractivity contribution < 1.29 is 13.7 Å². The first-order chi connectivity index (χ1) is 9.90. The van der Waals surface area contributed by atoms with E-state index < -0.39 is 22.2 Å². The van der Waals surface area contributed by atoms with E-state index in [9.17, 15) is 18.9 Å². The first kappa shape index (κ1) is 14.5. The van der Waals surface area contributed by atoms with Gasteiger partial charge in [-0.05, 0) is 19.1 Å². The van der Waals surface area contributed by atoms with Crippen molar-refractivity contribution in [1.82, 2.24) is 9.97 Å². The van der Waals surface area contributed by atoms with Gasteiger partial charge in [0, 0.05) is 11.8 Å². The molecule has 0 saturated carbocycles. The molecule has 0 bridgehead atoms. The van der Waals surface area contributed by atoms with Crippen LogP contribution in [0.2, 0.25) is 0 Å².